The monoisotopic (exact) mass is 485 g/mol. The molecule has 1 aliphatic heterocycles. The number of para-hydroxylation sites is 1. The van der Waals surface area contributed by atoms with Crippen LogP contribution in [0.15, 0.2) is 53.3 Å². The average Bonchev–Trinajstić information content (AvgIpc) is 3.39. The molecule has 5 rings (SSSR count). The second-order valence-electron chi connectivity index (χ2n) is 10.4. The molecule has 8 heteroatoms. The van der Waals surface area contributed by atoms with E-state index >= 15 is 0 Å². The van der Waals surface area contributed by atoms with Crippen LogP contribution < -0.4 is 10.5 Å². The van der Waals surface area contributed by atoms with Crippen molar-refractivity contribution in [1.29, 1.82) is 0 Å². The van der Waals surface area contributed by atoms with Crippen LogP contribution in [0.4, 0.5) is 5.69 Å². The maximum Gasteiger partial charge on any atom is 0.253 e. The molecule has 0 unspecified atom stereocenters. The van der Waals surface area contributed by atoms with Crippen molar-refractivity contribution >= 4 is 16.6 Å². The van der Waals surface area contributed by atoms with Crippen LogP contribution in [0.25, 0.3) is 10.9 Å². The Hall–Kier alpha value is -3.52. The van der Waals surface area contributed by atoms with Crippen LogP contribution in [0, 0.1) is 13.8 Å². The van der Waals surface area contributed by atoms with Gasteiger partial charge in [0.2, 0.25) is 0 Å². The largest absolute Gasteiger partial charge is 0.369 e. The molecule has 1 fully saturated rings. The minimum atomic E-state index is -0.349. The number of aromatic amines is 1. The SMILES string of the molecule is CCC(C)(C)n1nnnc1[C@H](c1cc2ccc(C)c(C)c2[nH]c1=O)N1CCN(c2ccccc2)CC1. The molecule has 3 heterocycles. The summed E-state index contributed by atoms with van der Waals surface area (Å²) in [5, 5.41) is 14.0. The third-order valence-electron chi connectivity index (χ3n) is 7.85. The fraction of sp³-hybridized carbons (Fsp3) is 0.429. The van der Waals surface area contributed by atoms with Crippen LogP contribution in [-0.2, 0) is 5.54 Å². The zero-order valence-electron chi connectivity index (χ0n) is 21.8. The molecule has 0 radical (unpaired) electrons. The zero-order valence-corrected chi connectivity index (χ0v) is 21.8. The van der Waals surface area contributed by atoms with Gasteiger partial charge in [-0.3, -0.25) is 9.69 Å². The molecule has 4 aromatic rings. The normalized spacial score (nSPS) is 16.0. The first kappa shape index (κ1) is 24.2. The van der Waals surface area contributed by atoms with Crippen molar-refractivity contribution in [3.05, 3.63) is 81.4 Å². The molecule has 1 saturated heterocycles. The van der Waals surface area contributed by atoms with Gasteiger partial charge in [0.25, 0.3) is 5.56 Å². The molecule has 2 aromatic heterocycles. The Balaban J connectivity index is 1.59. The smallest absolute Gasteiger partial charge is 0.253 e. The molecule has 0 aliphatic carbocycles. The third kappa shape index (κ3) is 4.30. The van der Waals surface area contributed by atoms with Gasteiger partial charge in [-0.05, 0) is 79.3 Å². The van der Waals surface area contributed by atoms with E-state index < -0.39 is 0 Å². The highest BCUT2D eigenvalue weighted by atomic mass is 16.1. The van der Waals surface area contributed by atoms with E-state index in [4.69, 9.17) is 0 Å². The standard InChI is InChI=1S/C28H35N7O/c1-6-28(4,5)35-26(30-31-32-35)25(34-16-14-33(15-17-34)22-10-8-7-9-11-22)23-18-21-13-12-19(2)20(3)24(21)29-27(23)36/h7-13,18,25H,6,14-17H2,1-5H3,(H,29,36)/t25-/m0/s1. The van der Waals surface area contributed by atoms with E-state index in [-0.39, 0.29) is 17.1 Å². The van der Waals surface area contributed by atoms with Crippen molar-refractivity contribution in [3.8, 4) is 0 Å². The number of nitrogens with one attached hydrogen (secondary N) is 1. The second kappa shape index (κ2) is 9.50. The number of benzene rings is 2. The first-order valence-corrected chi connectivity index (χ1v) is 12.8. The summed E-state index contributed by atoms with van der Waals surface area (Å²) < 4.78 is 1.91. The predicted molar refractivity (Wildman–Crippen MR) is 144 cm³/mol. The van der Waals surface area contributed by atoms with Gasteiger partial charge < -0.3 is 9.88 Å². The van der Waals surface area contributed by atoms with E-state index in [0.717, 1.165) is 54.6 Å². The van der Waals surface area contributed by atoms with Gasteiger partial charge in [-0.25, -0.2) is 4.68 Å². The van der Waals surface area contributed by atoms with Gasteiger partial charge in [0, 0.05) is 37.4 Å². The molecule has 1 atom stereocenters. The lowest BCUT2D eigenvalue weighted by Crippen LogP contribution is -2.49. The molecule has 0 amide bonds. The number of aromatic nitrogens is 5. The van der Waals surface area contributed by atoms with Crippen LogP contribution in [0.2, 0.25) is 0 Å². The number of rotatable bonds is 6. The molecule has 8 nitrogen and oxygen atoms in total. The van der Waals surface area contributed by atoms with Gasteiger partial charge in [-0.15, -0.1) is 5.10 Å². The summed E-state index contributed by atoms with van der Waals surface area (Å²) in [5.41, 5.74) is 4.69. The molecule has 1 aliphatic rings. The summed E-state index contributed by atoms with van der Waals surface area (Å²) in [6.45, 7) is 13.8. The number of hydrogen-bond acceptors (Lipinski definition) is 6. The summed E-state index contributed by atoms with van der Waals surface area (Å²) in [7, 11) is 0. The number of hydrogen-bond donors (Lipinski definition) is 1. The molecule has 36 heavy (non-hydrogen) atoms. The fourth-order valence-corrected chi connectivity index (χ4v) is 5.07. The van der Waals surface area contributed by atoms with E-state index in [1.165, 1.54) is 5.69 Å². The van der Waals surface area contributed by atoms with Crippen LogP contribution in [0.3, 0.4) is 0 Å². The van der Waals surface area contributed by atoms with Crippen molar-refractivity contribution in [3.63, 3.8) is 0 Å². The zero-order chi connectivity index (χ0) is 25.4. The summed E-state index contributed by atoms with van der Waals surface area (Å²) in [5.74, 6) is 0.712. The summed E-state index contributed by atoms with van der Waals surface area (Å²) >= 11 is 0. The Morgan fingerprint density at radius 3 is 2.44 bits per heavy atom. The highest BCUT2D eigenvalue weighted by molar-refractivity contribution is 5.83. The Kier molecular flexibility index (Phi) is 6.38. The highest BCUT2D eigenvalue weighted by Crippen LogP contribution is 2.32. The number of nitrogens with zero attached hydrogens (tertiary/aromatic N) is 6. The molecule has 1 N–H and O–H groups in total. The maximum absolute atomic E-state index is 13.6. The maximum atomic E-state index is 13.6. The van der Waals surface area contributed by atoms with E-state index in [1.54, 1.807) is 0 Å². The number of pyridine rings is 1. The number of anilines is 1. The number of aryl methyl sites for hydroxylation is 2. The summed E-state index contributed by atoms with van der Waals surface area (Å²) in [6.07, 6.45) is 0.867. The molecule has 188 valence electrons. The molecule has 0 saturated carbocycles. The fourth-order valence-electron chi connectivity index (χ4n) is 5.07. The Morgan fingerprint density at radius 1 is 1.03 bits per heavy atom. The molecule has 0 bridgehead atoms. The van der Waals surface area contributed by atoms with Crippen LogP contribution in [0.5, 0.6) is 0 Å². The van der Waals surface area contributed by atoms with Crippen LogP contribution >= 0.6 is 0 Å². The number of fused-ring (bicyclic) bond motifs is 1. The van der Waals surface area contributed by atoms with Gasteiger partial charge in [0.05, 0.1) is 11.1 Å². The Bertz CT molecular complexity index is 1420. The van der Waals surface area contributed by atoms with Crippen molar-refractivity contribution in [1.82, 2.24) is 30.1 Å². The molecule has 0 spiro atoms. The van der Waals surface area contributed by atoms with Crippen LogP contribution in [-0.4, -0.2) is 56.3 Å². The summed E-state index contributed by atoms with van der Waals surface area (Å²) in [4.78, 5) is 21.6. The Labute approximate surface area is 211 Å². The van der Waals surface area contributed by atoms with Crippen molar-refractivity contribution in [2.45, 2.75) is 52.6 Å². The topological polar surface area (TPSA) is 82.9 Å². The highest BCUT2D eigenvalue weighted by Gasteiger charge is 2.35. The first-order valence-electron chi connectivity index (χ1n) is 12.8. The van der Waals surface area contributed by atoms with Crippen molar-refractivity contribution in [2.24, 2.45) is 0 Å². The average molecular weight is 486 g/mol. The lowest BCUT2D eigenvalue weighted by molar-refractivity contribution is 0.186. The van der Waals surface area contributed by atoms with Gasteiger partial charge >= 0.3 is 0 Å². The second-order valence-corrected chi connectivity index (χ2v) is 10.4. The van der Waals surface area contributed by atoms with Gasteiger partial charge in [-0.2, -0.15) is 0 Å². The lowest BCUT2D eigenvalue weighted by Gasteiger charge is -2.40. The van der Waals surface area contributed by atoms with Gasteiger partial charge in [0.15, 0.2) is 5.82 Å². The third-order valence-corrected chi connectivity index (χ3v) is 7.85. The predicted octanol–water partition coefficient (Wildman–Crippen LogP) is 4.19. The minimum absolute atomic E-state index is 0.0875. The number of piperazine rings is 1. The quantitative estimate of drug-likeness (QED) is 0.441. The van der Waals surface area contributed by atoms with Crippen LogP contribution in [0.1, 0.15) is 55.7 Å². The van der Waals surface area contributed by atoms with Crippen molar-refractivity contribution < 1.29 is 0 Å². The van der Waals surface area contributed by atoms with Gasteiger partial charge in [-0.1, -0.05) is 37.3 Å². The molecular weight excluding hydrogens is 450 g/mol. The number of H-pyrrole nitrogens is 1. The van der Waals surface area contributed by atoms with E-state index in [9.17, 15) is 4.79 Å². The van der Waals surface area contributed by atoms with Crippen molar-refractivity contribution in [2.75, 3.05) is 31.1 Å². The first-order chi connectivity index (χ1) is 17.3. The lowest BCUT2D eigenvalue weighted by atomic mass is 9.97. The Morgan fingerprint density at radius 2 is 1.75 bits per heavy atom. The summed E-state index contributed by atoms with van der Waals surface area (Å²) in [6, 6.07) is 16.4. The van der Waals surface area contributed by atoms with E-state index in [0.29, 0.717) is 11.4 Å². The number of tetrazole rings is 1. The molecule has 2 aromatic carbocycles. The molecular formula is C28H35N7O. The van der Waals surface area contributed by atoms with E-state index in [1.807, 2.05) is 16.8 Å². The van der Waals surface area contributed by atoms with E-state index in [2.05, 4.69) is 101 Å². The minimum Gasteiger partial charge on any atom is -0.369 e. The van der Waals surface area contributed by atoms with Gasteiger partial charge in [0.1, 0.15) is 6.04 Å².